The van der Waals surface area contributed by atoms with Crippen molar-refractivity contribution in [2.45, 2.75) is 52.4 Å². The molecule has 0 atom stereocenters. The van der Waals surface area contributed by atoms with E-state index in [1.165, 1.54) is 54.9 Å². The molecule has 13 aromatic rings. The van der Waals surface area contributed by atoms with Crippen molar-refractivity contribution < 1.29 is 4.42 Å². The van der Waals surface area contributed by atoms with E-state index in [2.05, 4.69) is 294 Å². The van der Waals surface area contributed by atoms with E-state index in [-0.39, 0.29) is 10.8 Å². The van der Waals surface area contributed by atoms with Gasteiger partial charge in [0.15, 0.2) is 0 Å². The van der Waals surface area contributed by atoms with Crippen LogP contribution in [-0.2, 0) is 10.8 Å². The number of nitrogens with zero attached hydrogens (tertiary/aromatic N) is 2. The van der Waals surface area contributed by atoms with Gasteiger partial charge in [-0.1, -0.05) is 199 Å². The summed E-state index contributed by atoms with van der Waals surface area (Å²) < 4.78 is 6.92. The quantitative estimate of drug-likeness (QED) is 0.151. The summed E-state index contributed by atoms with van der Waals surface area (Å²) in [5.41, 5.74) is 15.7. The molecule has 75 heavy (non-hydrogen) atoms. The SMILES string of the molecule is CC(C)(C)c1ccc(N(c2ccc3cc4c(cc3c2)oc2cc3cc(N(c5ccc(C(C)(C)C)cc5)c5ccc6ccccc6c5-c5ccccc5)ccc3cc24)c2ccc3ccccc3c2-c2ccccc2)cc1. The van der Waals surface area contributed by atoms with Crippen molar-refractivity contribution in [3.8, 4) is 22.3 Å². The van der Waals surface area contributed by atoms with Gasteiger partial charge in [0, 0.05) is 44.6 Å². The summed E-state index contributed by atoms with van der Waals surface area (Å²) in [5.74, 6) is 0. The minimum atomic E-state index is 0.0281. The van der Waals surface area contributed by atoms with Crippen molar-refractivity contribution in [3.05, 3.63) is 254 Å². The number of furan rings is 1. The van der Waals surface area contributed by atoms with E-state index in [1.807, 2.05) is 0 Å². The monoisotopic (exact) mass is 966 g/mol. The van der Waals surface area contributed by atoms with E-state index in [9.17, 15) is 0 Å². The molecule has 0 unspecified atom stereocenters. The minimum absolute atomic E-state index is 0.0281. The van der Waals surface area contributed by atoms with Gasteiger partial charge in [-0.05, 0) is 161 Å². The molecule has 0 spiro atoms. The normalized spacial score (nSPS) is 12.1. The lowest BCUT2D eigenvalue weighted by atomic mass is 9.87. The van der Waals surface area contributed by atoms with E-state index in [1.54, 1.807) is 0 Å². The zero-order valence-corrected chi connectivity index (χ0v) is 43.4. The number of benzene rings is 12. The van der Waals surface area contributed by atoms with E-state index < -0.39 is 0 Å². The Morgan fingerprint density at radius 3 is 1.04 bits per heavy atom. The Hall–Kier alpha value is -8.92. The summed E-state index contributed by atoms with van der Waals surface area (Å²) in [4.78, 5) is 4.85. The highest BCUT2D eigenvalue weighted by atomic mass is 16.3. The molecule has 0 aliphatic rings. The van der Waals surface area contributed by atoms with Gasteiger partial charge in [0.05, 0.1) is 11.4 Å². The summed E-state index contributed by atoms with van der Waals surface area (Å²) in [6.45, 7) is 13.6. The largest absolute Gasteiger partial charge is 0.456 e. The van der Waals surface area contributed by atoms with Crippen LogP contribution in [0.15, 0.2) is 247 Å². The van der Waals surface area contributed by atoms with Gasteiger partial charge in [0.2, 0.25) is 0 Å². The molecule has 0 radical (unpaired) electrons. The van der Waals surface area contributed by atoms with Crippen LogP contribution in [-0.4, -0.2) is 0 Å². The highest BCUT2D eigenvalue weighted by Gasteiger charge is 2.24. The number of rotatable bonds is 8. The molecule has 3 nitrogen and oxygen atoms in total. The van der Waals surface area contributed by atoms with Crippen molar-refractivity contribution in [3.63, 3.8) is 0 Å². The Morgan fingerprint density at radius 2 is 0.640 bits per heavy atom. The predicted molar refractivity (Wildman–Crippen MR) is 321 cm³/mol. The minimum Gasteiger partial charge on any atom is -0.456 e. The average molecular weight is 967 g/mol. The summed E-state index contributed by atoms with van der Waals surface area (Å²) in [6.07, 6.45) is 0. The fourth-order valence-corrected chi connectivity index (χ4v) is 11.3. The van der Waals surface area contributed by atoms with E-state index >= 15 is 0 Å². The summed E-state index contributed by atoms with van der Waals surface area (Å²) >= 11 is 0. The number of anilines is 6. The smallest absolute Gasteiger partial charge is 0.136 e. The maximum atomic E-state index is 6.92. The topological polar surface area (TPSA) is 19.6 Å². The molecule has 3 heteroatoms. The van der Waals surface area contributed by atoms with E-state index in [0.29, 0.717) is 0 Å². The molecule has 0 amide bonds. The molecule has 0 bridgehead atoms. The van der Waals surface area contributed by atoms with E-state index in [0.717, 1.165) is 77.6 Å². The van der Waals surface area contributed by atoms with Crippen molar-refractivity contribution >= 4 is 99.2 Å². The fraction of sp³-hybridized carbons (Fsp3) is 0.111. The molecule has 362 valence electrons. The summed E-state index contributed by atoms with van der Waals surface area (Å²) in [6, 6.07) is 89.2. The molecule has 0 N–H and O–H groups in total. The first-order chi connectivity index (χ1) is 36.4. The van der Waals surface area contributed by atoms with Crippen LogP contribution in [0.25, 0.3) is 87.3 Å². The van der Waals surface area contributed by atoms with Gasteiger partial charge in [-0.2, -0.15) is 0 Å². The number of hydrogen-bond donors (Lipinski definition) is 0. The van der Waals surface area contributed by atoms with Crippen molar-refractivity contribution in [2.24, 2.45) is 0 Å². The first kappa shape index (κ1) is 45.9. The molecule has 0 fully saturated rings. The molecule has 13 rings (SSSR count). The van der Waals surface area contributed by atoms with Crippen LogP contribution in [0.1, 0.15) is 52.7 Å². The standard InChI is InChI=1S/C72H58N2O/c1-71(2,3)55-29-35-57(36-30-55)73(65-39-27-47-17-13-15-23-61(47)69(65)49-19-9-7-10-20-49)59-33-25-51-43-63-64-44-52-26-34-60(42-54(52)46-68(64)75-67(63)45-53(51)41-59)74(58-37-31-56(32-38-58)72(4,5)6)66-40-28-48-18-14-16-24-62(48)70(66)50-21-11-8-12-22-50/h7-46H,1-6H3. The Bertz CT molecular complexity index is 4010. The Kier molecular flexibility index (Phi) is 11.0. The van der Waals surface area contributed by atoms with Crippen LogP contribution >= 0.6 is 0 Å². The summed E-state index contributed by atoms with van der Waals surface area (Å²) in [7, 11) is 0. The number of hydrogen-bond acceptors (Lipinski definition) is 3. The first-order valence-electron chi connectivity index (χ1n) is 26.2. The lowest BCUT2D eigenvalue weighted by molar-refractivity contribution is 0.590. The molecule has 12 aromatic carbocycles. The molecular weight excluding hydrogens is 909 g/mol. The lowest BCUT2D eigenvalue weighted by Crippen LogP contribution is -2.14. The molecule has 0 saturated carbocycles. The predicted octanol–water partition coefficient (Wildman–Crippen LogP) is 21.1. The van der Waals surface area contributed by atoms with Crippen LogP contribution < -0.4 is 9.80 Å². The maximum absolute atomic E-state index is 6.92. The Labute approximate surface area is 439 Å². The van der Waals surface area contributed by atoms with Crippen LogP contribution in [0, 0.1) is 0 Å². The maximum Gasteiger partial charge on any atom is 0.136 e. The zero-order chi connectivity index (χ0) is 51.0. The van der Waals surface area contributed by atoms with Gasteiger partial charge < -0.3 is 14.2 Å². The van der Waals surface area contributed by atoms with Crippen LogP contribution in [0.2, 0.25) is 0 Å². The third-order valence-electron chi connectivity index (χ3n) is 15.3. The Morgan fingerprint density at radius 1 is 0.280 bits per heavy atom. The lowest BCUT2D eigenvalue weighted by Gasteiger charge is -2.30. The number of fused-ring (bicyclic) bond motifs is 7. The molecule has 0 saturated heterocycles. The fourth-order valence-electron chi connectivity index (χ4n) is 11.3. The average Bonchev–Trinajstić information content (AvgIpc) is 3.77. The van der Waals surface area contributed by atoms with Crippen molar-refractivity contribution in [1.29, 1.82) is 0 Å². The third kappa shape index (κ3) is 8.26. The van der Waals surface area contributed by atoms with Gasteiger partial charge in [0.1, 0.15) is 11.2 Å². The van der Waals surface area contributed by atoms with E-state index in [4.69, 9.17) is 4.42 Å². The first-order valence-corrected chi connectivity index (χ1v) is 26.2. The second-order valence-corrected chi connectivity index (χ2v) is 22.2. The highest BCUT2D eigenvalue weighted by molar-refractivity contribution is 6.15. The van der Waals surface area contributed by atoms with Crippen LogP contribution in [0.4, 0.5) is 34.1 Å². The van der Waals surface area contributed by atoms with Crippen molar-refractivity contribution in [2.75, 3.05) is 9.80 Å². The molecule has 1 aromatic heterocycles. The van der Waals surface area contributed by atoms with Gasteiger partial charge >= 0.3 is 0 Å². The molecule has 1 heterocycles. The Balaban J connectivity index is 0.953. The van der Waals surface area contributed by atoms with Crippen LogP contribution in [0.5, 0.6) is 0 Å². The third-order valence-corrected chi connectivity index (χ3v) is 15.3. The zero-order valence-electron chi connectivity index (χ0n) is 43.4. The van der Waals surface area contributed by atoms with Crippen LogP contribution in [0.3, 0.4) is 0 Å². The molecule has 0 aliphatic carbocycles. The van der Waals surface area contributed by atoms with Gasteiger partial charge in [-0.3, -0.25) is 0 Å². The molecular formula is C72H58N2O. The molecule has 0 aliphatic heterocycles. The van der Waals surface area contributed by atoms with Gasteiger partial charge in [0.25, 0.3) is 0 Å². The van der Waals surface area contributed by atoms with Gasteiger partial charge in [-0.25, -0.2) is 0 Å². The second-order valence-electron chi connectivity index (χ2n) is 22.2. The second kappa shape index (κ2) is 17.9. The highest BCUT2D eigenvalue weighted by Crippen LogP contribution is 2.48. The van der Waals surface area contributed by atoms with Gasteiger partial charge in [-0.15, -0.1) is 0 Å². The van der Waals surface area contributed by atoms with Crippen molar-refractivity contribution in [1.82, 2.24) is 0 Å². The summed E-state index contributed by atoms with van der Waals surface area (Å²) in [5, 5.41) is 11.6.